The largest absolute Gasteiger partial charge is 0.314 e. The third-order valence-electron chi connectivity index (χ3n) is 3.69. The second-order valence-electron chi connectivity index (χ2n) is 5.31. The van der Waals surface area contributed by atoms with E-state index in [1.54, 1.807) is 0 Å². The number of rotatable bonds is 5. The van der Waals surface area contributed by atoms with Crippen molar-refractivity contribution in [2.75, 3.05) is 19.6 Å². The fraction of sp³-hybridized carbons (Fsp3) is 0.714. The van der Waals surface area contributed by atoms with Gasteiger partial charge in [0.2, 0.25) is 0 Å². The van der Waals surface area contributed by atoms with Crippen molar-refractivity contribution < 1.29 is 0 Å². The quantitative estimate of drug-likeness (QED) is 0.888. The van der Waals surface area contributed by atoms with Crippen LogP contribution >= 0.6 is 27.3 Å². The summed E-state index contributed by atoms with van der Waals surface area (Å²) in [4.78, 5) is 4.04. The Labute approximate surface area is 123 Å². The van der Waals surface area contributed by atoms with Crippen molar-refractivity contribution in [3.63, 3.8) is 0 Å². The van der Waals surface area contributed by atoms with Crippen LogP contribution in [0.5, 0.6) is 0 Å². The highest BCUT2D eigenvalue weighted by atomic mass is 79.9. The molecule has 0 amide bonds. The maximum Gasteiger partial charge on any atom is 0.0701 e. The molecule has 0 spiro atoms. The van der Waals surface area contributed by atoms with Crippen LogP contribution in [0.25, 0.3) is 0 Å². The van der Waals surface area contributed by atoms with Crippen molar-refractivity contribution in [2.24, 2.45) is 0 Å². The average molecular weight is 331 g/mol. The van der Waals surface area contributed by atoms with E-state index in [4.69, 9.17) is 0 Å². The first-order valence-electron chi connectivity index (χ1n) is 6.87. The molecule has 1 N–H and O–H groups in total. The van der Waals surface area contributed by atoms with Gasteiger partial charge in [-0.05, 0) is 74.3 Å². The molecule has 2 heterocycles. The van der Waals surface area contributed by atoms with E-state index in [1.165, 1.54) is 34.6 Å². The number of hydrogen-bond donors (Lipinski definition) is 1. The standard InChI is InChI=1S/C14H23BrN2S/c1-11(2)17-9-6-12(7-10-17)16-8-5-13-3-4-14(15)18-13/h3-4,11-12,16H,5-10H2,1-2H3. The minimum Gasteiger partial charge on any atom is -0.314 e. The van der Waals surface area contributed by atoms with Gasteiger partial charge in [0.25, 0.3) is 0 Å². The summed E-state index contributed by atoms with van der Waals surface area (Å²) in [5, 5.41) is 3.70. The molecule has 0 atom stereocenters. The molecule has 1 aromatic heterocycles. The summed E-state index contributed by atoms with van der Waals surface area (Å²) in [6.45, 7) is 8.20. The molecular formula is C14H23BrN2S. The van der Waals surface area contributed by atoms with Gasteiger partial charge in [-0.15, -0.1) is 11.3 Å². The van der Waals surface area contributed by atoms with E-state index in [0.29, 0.717) is 6.04 Å². The maximum atomic E-state index is 3.70. The maximum absolute atomic E-state index is 3.70. The van der Waals surface area contributed by atoms with Gasteiger partial charge < -0.3 is 10.2 Å². The van der Waals surface area contributed by atoms with E-state index in [9.17, 15) is 0 Å². The van der Waals surface area contributed by atoms with Crippen molar-refractivity contribution in [3.05, 3.63) is 20.8 Å². The molecule has 2 rings (SSSR count). The van der Waals surface area contributed by atoms with Gasteiger partial charge in [-0.3, -0.25) is 0 Å². The highest BCUT2D eigenvalue weighted by Crippen LogP contribution is 2.22. The predicted octanol–water partition coefficient (Wildman–Crippen LogP) is 3.52. The Morgan fingerprint density at radius 3 is 2.67 bits per heavy atom. The Bertz CT molecular complexity index is 356. The van der Waals surface area contributed by atoms with E-state index in [1.807, 2.05) is 11.3 Å². The summed E-state index contributed by atoms with van der Waals surface area (Å²) in [6.07, 6.45) is 3.75. The van der Waals surface area contributed by atoms with Crippen molar-refractivity contribution in [2.45, 2.75) is 45.2 Å². The Morgan fingerprint density at radius 2 is 2.11 bits per heavy atom. The first kappa shape index (κ1) is 14.5. The normalized spacial score (nSPS) is 18.7. The summed E-state index contributed by atoms with van der Waals surface area (Å²) in [7, 11) is 0. The number of nitrogens with zero attached hydrogens (tertiary/aromatic N) is 1. The third kappa shape index (κ3) is 4.34. The van der Waals surface area contributed by atoms with Gasteiger partial charge in [0.1, 0.15) is 0 Å². The Balaban J connectivity index is 1.63. The molecule has 1 aromatic rings. The zero-order chi connectivity index (χ0) is 13.0. The molecule has 0 aliphatic carbocycles. The highest BCUT2D eigenvalue weighted by molar-refractivity contribution is 9.11. The summed E-state index contributed by atoms with van der Waals surface area (Å²) in [6, 6.07) is 5.79. The lowest BCUT2D eigenvalue weighted by molar-refractivity contribution is 0.161. The Morgan fingerprint density at radius 1 is 1.39 bits per heavy atom. The molecule has 4 heteroatoms. The first-order valence-corrected chi connectivity index (χ1v) is 8.48. The van der Waals surface area contributed by atoms with Gasteiger partial charge in [-0.25, -0.2) is 0 Å². The molecule has 1 aliphatic rings. The minimum absolute atomic E-state index is 0.703. The summed E-state index contributed by atoms with van der Waals surface area (Å²) < 4.78 is 1.24. The lowest BCUT2D eigenvalue weighted by Crippen LogP contribution is -2.45. The molecule has 1 saturated heterocycles. The average Bonchev–Trinajstić information content (AvgIpc) is 2.76. The van der Waals surface area contributed by atoms with Crippen molar-refractivity contribution in [1.82, 2.24) is 10.2 Å². The number of thiophene rings is 1. The zero-order valence-electron chi connectivity index (χ0n) is 11.3. The molecular weight excluding hydrogens is 308 g/mol. The van der Waals surface area contributed by atoms with Crippen LogP contribution in [0.2, 0.25) is 0 Å². The van der Waals surface area contributed by atoms with Crippen molar-refractivity contribution >= 4 is 27.3 Å². The van der Waals surface area contributed by atoms with Gasteiger partial charge >= 0.3 is 0 Å². The van der Waals surface area contributed by atoms with Crippen LogP contribution in [0.3, 0.4) is 0 Å². The lowest BCUT2D eigenvalue weighted by Gasteiger charge is -2.35. The minimum atomic E-state index is 0.703. The van der Waals surface area contributed by atoms with E-state index in [0.717, 1.165) is 19.0 Å². The lowest BCUT2D eigenvalue weighted by atomic mass is 10.0. The number of halogens is 1. The van der Waals surface area contributed by atoms with Gasteiger partial charge in [-0.1, -0.05) is 0 Å². The highest BCUT2D eigenvalue weighted by Gasteiger charge is 2.19. The van der Waals surface area contributed by atoms with E-state index in [-0.39, 0.29) is 0 Å². The van der Waals surface area contributed by atoms with Crippen LogP contribution in [0.4, 0.5) is 0 Å². The van der Waals surface area contributed by atoms with Crippen LogP contribution < -0.4 is 5.32 Å². The van der Waals surface area contributed by atoms with Crippen LogP contribution in [0, 0.1) is 0 Å². The monoisotopic (exact) mass is 330 g/mol. The second kappa shape index (κ2) is 7.04. The molecule has 1 aliphatic heterocycles. The van der Waals surface area contributed by atoms with E-state index < -0.39 is 0 Å². The molecule has 1 fully saturated rings. The van der Waals surface area contributed by atoms with Crippen molar-refractivity contribution in [1.29, 1.82) is 0 Å². The molecule has 18 heavy (non-hydrogen) atoms. The number of nitrogens with one attached hydrogen (secondary N) is 1. The van der Waals surface area contributed by atoms with E-state index in [2.05, 4.69) is 52.1 Å². The summed E-state index contributed by atoms with van der Waals surface area (Å²) in [5.41, 5.74) is 0. The SMILES string of the molecule is CC(C)N1CCC(NCCc2ccc(Br)s2)CC1. The number of likely N-dealkylation sites (tertiary alicyclic amines) is 1. The molecule has 0 radical (unpaired) electrons. The van der Waals surface area contributed by atoms with Gasteiger partial charge in [0.05, 0.1) is 3.79 Å². The molecule has 102 valence electrons. The first-order chi connectivity index (χ1) is 8.65. The number of piperidine rings is 1. The molecule has 2 nitrogen and oxygen atoms in total. The third-order valence-corrected chi connectivity index (χ3v) is 5.38. The number of hydrogen-bond acceptors (Lipinski definition) is 3. The molecule has 0 unspecified atom stereocenters. The fourth-order valence-electron chi connectivity index (χ4n) is 2.51. The predicted molar refractivity (Wildman–Crippen MR) is 83.5 cm³/mol. The van der Waals surface area contributed by atoms with Crippen LogP contribution in [-0.4, -0.2) is 36.6 Å². The molecule has 0 saturated carbocycles. The van der Waals surface area contributed by atoms with E-state index >= 15 is 0 Å². The smallest absolute Gasteiger partial charge is 0.0701 e. The Hall–Kier alpha value is 0.1000. The zero-order valence-corrected chi connectivity index (χ0v) is 13.7. The van der Waals surface area contributed by atoms with Crippen molar-refractivity contribution in [3.8, 4) is 0 Å². The second-order valence-corrected chi connectivity index (χ2v) is 7.86. The van der Waals surface area contributed by atoms with Gasteiger partial charge in [0.15, 0.2) is 0 Å². The summed E-state index contributed by atoms with van der Waals surface area (Å²) >= 11 is 5.36. The van der Waals surface area contributed by atoms with Gasteiger partial charge in [0, 0.05) is 23.5 Å². The van der Waals surface area contributed by atoms with Crippen LogP contribution in [0.15, 0.2) is 15.9 Å². The van der Waals surface area contributed by atoms with Gasteiger partial charge in [-0.2, -0.15) is 0 Å². The topological polar surface area (TPSA) is 15.3 Å². The van der Waals surface area contributed by atoms with Crippen LogP contribution in [0.1, 0.15) is 31.6 Å². The molecule has 0 aromatic carbocycles. The summed E-state index contributed by atoms with van der Waals surface area (Å²) in [5.74, 6) is 0. The van der Waals surface area contributed by atoms with Crippen LogP contribution in [-0.2, 0) is 6.42 Å². The fourth-order valence-corrected chi connectivity index (χ4v) is 3.99. The molecule has 0 bridgehead atoms. The Kier molecular flexibility index (Phi) is 5.67.